The summed E-state index contributed by atoms with van der Waals surface area (Å²) in [6.45, 7) is 6.11. The molecule has 0 amide bonds. The molecule has 0 spiro atoms. The monoisotopic (exact) mass is 137 g/mol. The summed E-state index contributed by atoms with van der Waals surface area (Å²) >= 11 is 0. The van der Waals surface area contributed by atoms with Gasteiger partial charge in [0.2, 0.25) is 0 Å². The zero-order chi connectivity index (χ0) is 7.72. The maximum Gasteiger partial charge on any atom is 0.295 e. The van der Waals surface area contributed by atoms with Gasteiger partial charge in [0.05, 0.1) is 13.2 Å². The number of hydrogen-bond donors (Lipinski definition) is 0. The van der Waals surface area contributed by atoms with Crippen LogP contribution in [0.5, 0.6) is 0 Å². The Morgan fingerprint density at radius 1 is 1.30 bits per heavy atom. The van der Waals surface area contributed by atoms with Crippen molar-refractivity contribution in [3.8, 4) is 0 Å². The summed E-state index contributed by atoms with van der Waals surface area (Å²) in [5, 5.41) is 0. The van der Waals surface area contributed by atoms with Crippen molar-refractivity contribution in [2.75, 3.05) is 0 Å². The fraction of sp³-hybridized carbons (Fsp3) is 0.500. The minimum absolute atomic E-state index is 1.06. The third kappa shape index (κ3) is 1.15. The SMILES string of the molecule is Cc1c[n+](C)c(C)nc1C. The normalized spacial score (nSPS) is 10.0. The van der Waals surface area contributed by atoms with Gasteiger partial charge in [-0.3, -0.25) is 0 Å². The van der Waals surface area contributed by atoms with Gasteiger partial charge < -0.3 is 0 Å². The highest BCUT2D eigenvalue weighted by Gasteiger charge is 2.05. The topological polar surface area (TPSA) is 16.8 Å². The van der Waals surface area contributed by atoms with Crippen LogP contribution >= 0.6 is 0 Å². The Balaban J connectivity index is 3.28. The molecule has 0 unspecified atom stereocenters. The van der Waals surface area contributed by atoms with Crippen LogP contribution in [0.2, 0.25) is 0 Å². The predicted octanol–water partition coefficient (Wildman–Crippen LogP) is 0.831. The van der Waals surface area contributed by atoms with Crippen molar-refractivity contribution in [2.24, 2.45) is 7.05 Å². The summed E-state index contributed by atoms with van der Waals surface area (Å²) in [4.78, 5) is 4.34. The van der Waals surface area contributed by atoms with Crippen molar-refractivity contribution in [1.82, 2.24) is 4.98 Å². The van der Waals surface area contributed by atoms with Crippen molar-refractivity contribution >= 4 is 0 Å². The Morgan fingerprint density at radius 3 is 2.40 bits per heavy atom. The van der Waals surface area contributed by atoms with E-state index in [4.69, 9.17) is 0 Å². The molecular formula is C8H13N2+. The standard InChI is InChI=1S/C8H13N2/c1-6-5-10(4)8(3)9-7(6)2/h5H,1-4H3/q+1. The van der Waals surface area contributed by atoms with E-state index in [1.54, 1.807) is 0 Å². The molecule has 0 aliphatic carbocycles. The number of rotatable bonds is 0. The van der Waals surface area contributed by atoms with E-state index in [0.717, 1.165) is 11.5 Å². The summed E-state index contributed by atoms with van der Waals surface area (Å²) in [5.74, 6) is 1.06. The zero-order valence-electron chi connectivity index (χ0n) is 6.97. The molecule has 0 radical (unpaired) electrons. The Hall–Kier alpha value is -0.920. The molecular weight excluding hydrogens is 124 g/mol. The van der Waals surface area contributed by atoms with Gasteiger partial charge in [0.25, 0.3) is 5.82 Å². The molecule has 1 aromatic heterocycles. The second-order valence-electron chi connectivity index (χ2n) is 2.67. The Morgan fingerprint density at radius 2 is 1.90 bits per heavy atom. The second-order valence-corrected chi connectivity index (χ2v) is 2.67. The summed E-state index contributed by atoms with van der Waals surface area (Å²) in [5.41, 5.74) is 2.36. The van der Waals surface area contributed by atoms with E-state index in [9.17, 15) is 0 Å². The maximum absolute atomic E-state index is 4.34. The van der Waals surface area contributed by atoms with Crippen molar-refractivity contribution in [2.45, 2.75) is 20.8 Å². The molecule has 0 atom stereocenters. The third-order valence-corrected chi connectivity index (χ3v) is 1.80. The van der Waals surface area contributed by atoms with Crippen LogP contribution in [0.25, 0.3) is 0 Å². The van der Waals surface area contributed by atoms with E-state index in [0.29, 0.717) is 0 Å². The minimum atomic E-state index is 1.06. The van der Waals surface area contributed by atoms with Crippen molar-refractivity contribution in [3.05, 3.63) is 23.3 Å². The van der Waals surface area contributed by atoms with Gasteiger partial charge in [-0.05, 0) is 6.92 Å². The second kappa shape index (κ2) is 2.37. The summed E-state index contributed by atoms with van der Waals surface area (Å²) < 4.78 is 2.03. The first kappa shape index (κ1) is 7.19. The fourth-order valence-corrected chi connectivity index (χ4v) is 0.887. The molecule has 0 bridgehead atoms. The van der Waals surface area contributed by atoms with Crippen LogP contribution in [0.1, 0.15) is 17.1 Å². The quantitative estimate of drug-likeness (QED) is 0.484. The van der Waals surface area contributed by atoms with Gasteiger partial charge in [0, 0.05) is 19.4 Å². The summed E-state index contributed by atoms with van der Waals surface area (Å²) in [6.07, 6.45) is 2.09. The first-order valence-electron chi connectivity index (χ1n) is 3.41. The molecule has 0 saturated carbocycles. The summed E-state index contributed by atoms with van der Waals surface area (Å²) in [7, 11) is 2.01. The molecule has 2 nitrogen and oxygen atoms in total. The average molecular weight is 137 g/mol. The predicted molar refractivity (Wildman–Crippen MR) is 39.6 cm³/mol. The Bertz CT molecular complexity index is 203. The van der Waals surface area contributed by atoms with E-state index in [1.807, 2.05) is 25.5 Å². The van der Waals surface area contributed by atoms with Crippen LogP contribution in [0.3, 0.4) is 0 Å². The lowest BCUT2D eigenvalue weighted by atomic mass is 10.3. The number of aromatic nitrogens is 2. The molecule has 10 heavy (non-hydrogen) atoms. The molecule has 1 heterocycles. The molecule has 2 heteroatoms. The smallest absolute Gasteiger partial charge is 0.237 e. The fourth-order valence-electron chi connectivity index (χ4n) is 0.887. The lowest BCUT2D eigenvalue weighted by Gasteiger charge is -1.95. The van der Waals surface area contributed by atoms with Gasteiger partial charge in [-0.25, -0.2) is 4.57 Å². The van der Waals surface area contributed by atoms with Gasteiger partial charge in [0.15, 0.2) is 5.69 Å². The van der Waals surface area contributed by atoms with Crippen LogP contribution in [-0.4, -0.2) is 4.98 Å². The van der Waals surface area contributed by atoms with Crippen LogP contribution < -0.4 is 4.57 Å². The molecule has 1 rings (SSSR count). The molecule has 0 aliphatic heterocycles. The van der Waals surface area contributed by atoms with Gasteiger partial charge in [-0.1, -0.05) is 4.98 Å². The highest BCUT2D eigenvalue weighted by Crippen LogP contribution is 1.97. The van der Waals surface area contributed by atoms with E-state index in [2.05, 4.69) is 18.1 Å². The first-order chi connectivity index (χ1) is 4.61. The number of nitrogens with zero attached hydrogens (tertiary/aromatic N) is 2. The van der Waals surface area contributed by atoms with Crippen molar-refractivity contribution in [1.29, 1.82) is 0 Å². The van der Waals surface area contributed by atoms with E-state index >= 15 is 0 Å². The molecule has 0 fully saturated rings. The van der Waals surface area contributed by atoms with Crippen LogP contribution in [0.15, 0.2) is 6.20 Å². The number of aryl methyl sites for hydroxylation is 4. The molecule has 0 saturated heterocycles. The molecule has 0 aliphatic rings. The van der Waals surface area contributed by atoms with E-state index in [-0.39, 0.29) is 0 Å². The van der Waals surface area contributed by atoms with E-state index in [1.165, 1.54) is 5.56 Å². The molecule has 54 valence electrons. The van der Waals surface area contributed by atoms with Crippen molar-refractivity contribution < 1.29 is 4.57 Å². The minimum Gasteiger partial charge on any atom is -0.237 e. The molecule has 0 aromatic carbocycles. The van der Waals surface area contributed by atoms with Gasteiger partial charge in [0.1, 0.15) is 0 Å². The van der Waals surface area contributed by atoms with Gasteiger partial charge in [-0.2, -0.15) is 0 Å². The maximum atomic E-state index is 4.34. The molecule has 0 N–H and O–H groups in total. The van der Waals surface area contributed by atoms with Gasteiger partial charge >= 0.3 is 0 Å². The zero-order valence-corrected chi connectivity index (χ0v) is 6.97. The third-order valence-electron chi connectivity index (χ3n) is 1.80. The summed E-state index contributed by atoms with van der Waals surface area (Å²) in [6, 6.07) is 0. The van der Waals surface area contributed by atoms with Crippen molar-refractivity contribution in [3.63, 3.8) is 0 Å². The first-order valence-corrected chi connectivity index (χ1v) is 3.41. The van der Waals surface area contributed by atoms with Gasteiger partial charge in [-0.15, -0.1) is 0 Å². The average Bonchev–Trinajstić information content (AvgIpc) is 1.84. The van der Waals surface area contributed by atoms with E-state index < -0.39 is 0 Å². The van der Waals surface area contributed by atoms with Crippen LogP contribution in [0.4, 0.5) is 0 Å². The highest BCUT2D eigenvalue weighted by molar-refractivity contribution is 5.09. The van der Waals surface area contributed by atoms with Crippen LogP contribution in [-0.2, 0) is 7.05 Å². The largest absolute Gasteiger partial charge is 0.295 e. The number of hydrogen-bond acceptors (Lipinski definition) is 1. The lowest BCUT2D eigenvalue weighted by molar-refractivity contribution is -0.681. The lowest BCUT2D eigenvalue weighted by Crippen LogP contribution is -2.33. The Kier molecular flexibility index (Phi) is 1.70. The highest BCUT2D eigenvalue weighted by atomic mass is 15.0. The molecule has 1 aromatic rings. The Labute approximate surface area is 61.5 Å². The van der Waals surface area contributed by atoms with Crippen LogP contribution in [0, 0.1) is 20.8 Å².